The fourth-order valence-electron chi connectivity index (χ4n) is 2.33. The Bertz CT molecular complexity index is 456. The largest absolute Gasteiger partial charge is 0.480 e. The lowest BCUT2D eigenvalue weighted by atomic mass is 9.98. The predicted octanol–water partition coefficient (Wildman–Crippen LogP) is 2.07. The number of carboxylic acid groups (broad SMARTS) is 1. The number of rotatable bonds is 5. The Balaban J connectivity index is 2.15. The van der Waals surface area contributed by atoms with Crippen LogP contribution in [0.3, 0.4) is 0 Å². The second-order valence-electron chi connectivity index (χ2n) is 5.13. The van der Waals surface area contributed by atoms with Gasteiger partial charge in [0.05, 0.1) is 6.10 Å². The van der Waals surface area contributed by atoms with E-state index in [-0.39, 0.29) is 6.10 Å². The van der Waals surface area contributed by atoms with Gasteiger partial charge in [-0.2, -0.15) is 0 Å². The van der Waals surface area contributed by atoms with E-state index in [0.29, 0.717) is 24.5 Å². The molecular weight excluding hydrogens is 246 g/mol. The molecule has 6 nitrogen and oxygen atoms in total. The fraction of sp³-hybridized carbons (Fsp3) is 0.615. The molecule has 0 unspecified atom stereocenters. The van der Waals surface area contributed by atoms with E-state index in [1.54, 1.807) is 6.07 Å². The van der Waals surface area contributed by atoms with Crippen LogP contribution in [0.1, 0.15) is 39.5 Å². The highest BCUT2D eigenvalue weighted by Crippen LogP contribution is 2.33. The first kappa shape index (κ1) is 13.6. The Morgan fingerprint density at radius 1 is 1.42 bits per heavy atom. The minimum atomic E-state index is -0.899. The van der Waals surface area contributed by atoms with E-state index in [4.69, 9.17) is 4.74 Å². The number of hydrogen-bond acceptors (Lipinski definition) is 5. The molecule has 0 aromatic carbocycles. The number of carboxylic acids is 1. The van der Waals surface area contributed by atoms with E-state index in [9.17, 15) is 9.90 Å². The predicted molar refractivity (Wildman–Crippen MR) is 70.3 cm³/mol. The zero-order valence-corrected chi connectivity index (χ0v) is 11.2. The number of anilines is 1. The smallest absolute Gasteiger partial charge is 0.329 e. The van der Waals surface area contributed by atoms with Gasteiger partial charge >= 0.3 is 5.97 Å². The van der Waals surface area contributed by atoms with Gasteiger partial charge in [-0.15, -0.1) is 0 Å². The molecule has 19 heavy (non-hydrogen) atoms. The Kier molecular flexibility index (Phi) is 3.87. The molecule has 1 aliphatic carbocycles. The topological polar surface area (TPSA) is 84.3 Å². The normalized spacial score (nSPS) is 17.4. The Morgan fingerprint density at radius 3 is 2.68 bits per heavy atom. The Hall–Kier alpha value is -1.85. The van der Waals surface area contributed by atoms with E-state index in [1.807, 2.05) is 13.8 Å². The Labute approximate surface area is 112 Å². The van der Waals surface area contributed by atoms with Crippen LogP contribution < -0.4 is 10.1 Å². The summed E-state index contributed by atoms with van der Waals surface area (Å²) in [4.78, 5) is 19.5. The molecule has 6 heteroatoms. The van der Waals surface area contributed by atoms with Crippen molar-refractivity contribution in [1.29, 1.82) is 0 Å². The second-order valence-corrected chi connectivity index (χ2v) is 5.13. The lowest BCUT2D eigenvalue weighted by Gasteiger charge is -2.25. The number of nitrogens with zero attached hydrogens (tertiary/aromatic N) is 2. The maximum atomic E-state index is 11.5. The van der Waals surface area contributed by atoms with E-state index in [1.165, 1.54) is 6.33 Å². The van der Waals surface area contributed by atoms with Crippen LogP contribution in [0.2, 0.25) is 0 Å². The molecular formula is C13H19N3O3. The maximum absolute atomic E-state index is 11.5. The molecule has 1 saturated carbocycles. The molecule has 2 N–H and O–H groups in total. The van der Waals surface area contributed by atoms with Crippen molar-refractivity contribution in [2.24, 2.45) is 0 Å². The maximum Gasteiger partial charge on any atom is 0.329 e. The average Bonchev–Trinajstić information content (AvgIpc) is 2.78. The van der Waals surface area contributed by atoms with Crippen LogP contribution in [0.4, 0.5) is 5.82 Å². The first-order chi connectivity index (χ1) is 9.02. The molecule has 0 spiro atoms. The lowest BCUT2D eigenvalue weighted by molar-refractivity contribution is -0.142. The summed E-state index contributed by atoms with van der Waals surface area (Å²) in [5.41, 5.74) is -0.899. The molecule has 1 aromatic heterocycles. The third-order valence-electron chi connectivity index (χ3n) is 3.23. The van der Waals surface area contributed by atoms with Crippen molar-refractivity contribution in [2.45, 2.75) is 51.2 Å². The molecule has 0 bridgehead atoms. The number of aliphatic carboxylic acids is 1. The van der Waals surface area contributed by atoms with Gasteiger partial charge in [0.2, 0.25) is 5.88 Å². The molecule has 0 radical (unpaired) electrons. The van der Waals surface area contributed by atoms with Gasteiger partial charge in [0.15, 0.2) is 0 Å². The van der Waals surface area contributed by atoms with Gasteiger partial charge in [-0.25, -0.2) is 14.8 Å². The highest BCUT2D eigenvalue weighted by Gasteiger charge is 2.41. The third kappa shape index (κ3) is 3.13. The molecule has 1 fully saturated rings. The molecule has 0 saturated heterocycles. The zero-order valence-electron chi connectivity index (χ0n) is 11.2. The molecule has 0 aliphatic heterocycles. The van der Waals surface area contributed by atoms with Gasteiger partial charge in [0.25, 0.3) is 0 Å². The molecule has 0 atom stereocenters. The molecule has 104 valence electrons. The Morgan fingerprint density at radius 2 is 2.11 bits per heavy atom. The van der Waals surface area contributed by atoms with Crippen molar-refractivity contribution in [3.8, 4) is 5.88 Å². The fourth-order valence-corrected chi connectivity index (χ4v) is 2.33. The summed E-state index contributed by atoms with van der Waals surface area (Å²) in [6.45, 7) is 3.82. The zero-order chi connectivity index (χ0) is 13.9. The molecule has 1 aromatic rings. The summed E-state index contributed by atoms with van der Waals surface area (Å²) >= 11 is 0. The SMILES string of the molecule is CC(C)Oc1cc(NC2(C(=O)O)CCCC2)ncn1. The summed E-state index contributed by atoms with van der Waals surface area (Å²) in [7, 11) is 0. The van der Waals surface area contributed by atoms with Gasteiger partial charge in [0.1, 0.15) is 17.7 Å². The third-order valence-corrected chi connectivity index (χ3v) is 3.23. The van der Waals surface area contributed by atoms with Crippen LogP contribution in [0, 0.1) is 0 Å². The van der Waals surface area contributed by atoms with E-state index < -0.39 is 11.5 Å². The number of aromatic nitrogens is 2. The number of nitrogens with one attached hydrogen (secondary N) is 1. The van der Waals surface area contributed by atoms with E-state index in [2.05, 4.69) is 15.3 Å². The molecule has 2 rings (SSSR count). The van der Waals surface area contributed by atoms with Crippen LogP contribution >= 0.6 is 0 Å². The first-order valence-electron chi connectivity index (χ1n) is 6.52. The number of hydrogen-bond donors (Lipinski definition) is 2. The highest BCUT2D eigenvalue weighted by molar-refractivity contribution is 5.82. The minimum Gasteiger partial charge on any atom is -0.480 e. The lowest BCUT2D eigenvalue weighted by Crippen LogP contribution is -2.43. The van der Waals surface area contributed by atoms with Crippen LogP contribution in [-0.2, 0) is 4.79 Å². The van der Waals surface area contributed by atoms with Crippen molar-refractivity contribution in [3.63, 3.8) is 0 Å². The van der Waals surface area contributed by atoms with Crippen molar-refractivity contribution < 1.29 is 14.6 Å². The first-order valence-corrected chi connectivity index (χ1v) is 6.52. The van der Waals surface area contributed by atoms with Crippen LogP contribution in [0.5, 0.6) is 5.88 Å². The summed E-state index contributed by atoms with van der Waals surface area (Å²) < 4.78 is 5.47. The van der Waals surface area contributed by atoms with E-state index in [0.717, 1.165) is 12.8 Å². The highest BCUT2D eigenvalue weighted by atomic mass is 16.5. The van der Waals surface area contributed by atoms with Crippen molar-refractivity contribution in [1.82, 2.24) is 9.97 Å². The van der Waals surface area contributed by atoms with Crippen molar-refractivity contribution >= 4 is 11.8 Å². The van der Waals surface area contributed by atoms with Crippen molar-refractivity contribution in [2.75, 3.05) is 5.32 Å². The summed E-state index contributed by atoms with van der Waals surface area (Å²) in [5.74, 6) is 0.121. The molecule has 0 amide bonds. The van der Waals surface area contributed by atoms with Gasteiger partial charge in [-0.1, -0.05) is 12.8 Å². The number of carbonyl (C=O) groups is 1. The van der Waals surface area contributed by atoms with Crippen LogP contribution in [0.15, 0.2) is 12.4 Å². The van der Waals surface area contributed by atoms with Gasteiger partial charge in [-0.3, -0.25) is 0 Å². The van der Waals surface area contributed by atoms with Crippen LogP contribution in [-0.4, -0.2) is 32.7 Å². The standard InChI is InChI=1S/C13H19N3O3/c1-9(2)19-11-7-10(14-8-15-11)16-13(12(17)18)5-3-4-6-13/h7-9H,3-6H2,1-2H3,(H,17,18)(H,14,15,16). The van der Waals surface area contributed by atoms with Gasteiger partial charge < -0.3 is 15.2 Å². The van der Waals surface area contributed by atoms with E-state index >= 15 is 0 Å². The minimum absolute atomic E-state index is 0.0164. The monoisotopic (exact) mass is 265 g/mol. The van der Waals surface area contributed by atoms with Crippen LogP contribution in [0.25, 0.3) is 0 Å². The summed E-state index contributed by atoms with van der Waals surface area (Å²) in [6.07, 6.45) is 4.46. The number of ether oxygens (including phenoxy) is 1. The second kappa shape index (κ2) is 5.42. The molecule has 1 aliphatic rings. The van der Waals surface area contributed by atoms with Gasteiger partial charge in [-0.05, 0) is 26.7 Å². The summed E-state index contributed by atoms with van der Waals surface area (Å²) in [6, 6.07) is 1.64. The van der Waals surface area contributed by atoms with Crippen molar-refractivity contribution in [3.05, 3.63) is 12.4 Å². The average molecular weight is 265 g/mol. The summed E-state index contributed by atoms with van der Waals surface area (Å²) in [5, 5.41) is 12.4. The quantitative estimate of drug-likeness (QED) is 0.847. The molecule has 1 heterocycles. The van der Waals surface area contributed by atoms with Gasteiger partial charge in [0, 0.05) is 6.07 Å².